The summed E-state index contributed by atoms with van der Waals surface area (Å²) < 4.78 is 1.87. The molecule has 2 heterocycles. The molecule has 4 aromatic rings. The van der Waals surface area contributed by atoms with Crippen LogP contribution in [0.25, 0.3) is 16.9 Å². The number of nitro benzene ring substituents is 1. The zero-order chi connectivity index (χ0) is 21.1. The number of non-ortho nitro benzene ring substituents is 1. The van der Waals surface area contributed by atoms with E-state index in [0.29, 0.717) is 23.3 Å². The van der Waals surface area contributed by atoms with Crippen LogP contribution in [-0.2, 0) is 6.42 Å². The minimum atomic E-state index is -0.495. The fourth-order valence-electron chi connectivity index (χ4n) is 3.20. The van der Waals surface area contributed by atoms with E-state index in [9.17, 15) is 15.2 Å². The Morgan fingerprint density at radius 3 is 2.73 bits per heavy atom. The van der Waals surface area contributed by atoms with E-state index < -0.39 is 4.92 Å². The molecule has 0 atom stereocenters. The quantitative estimate of drug-likeness (QED) is 0.212. The number of aromatic hydroxyl groups is 1. The van der Waals surface area contributed by atoms with Gasteiger partial charge in [-0.05, 0) is 18.6 Å². The Labute approximate surface area is 172 Å². The van der Waals surface area contributed by atoms with Crippen LogP contribution in [0.5, 0.6) is 5.75 Å². The Morgan fingerprint density at radius 1 is 1.20 bits per heavy atom. The molecule has 0 aliphatic heterocycles. The molecule has 30 heavy (non-hydrogen) atoms. The summed E-state index contributed by atoms with van der Waals surface area (Å²) in [6, 6.07) is 16.1. The van der Waals surface area contributed by atoms with Gasteiger partial charge in [-0.2, -0.15) is 0 Å². The predicted molar refractivity (Wildman–Crippen MR) is 117 cm³/mol. The van der Waals surface area contributed by atoms with Gasteiger partial charge in [-0.15, -0.1) is 6.58 Å². The molecule has 7 heteroatoms. The van der Waals surface area contributed by atoms with Crippen molar-refractivity contribution in [3.63, 3.8) is 0 Å². The number of hydrogen-bond acceptors (Lipinski definition) is 5. The number of nitrogens with zero attached hydrogens (tertiary/aromatic N) is 4. The first-order valence-corrected chi connectivity index (χ1v) is 9.25. The Kier molecular flexibility index (Phi) is 5.09. The molecule has 7 nitrogen and oxygen atoms in total. The summed E-state index contributed by atoms with van der Waals surface area (Å²) in [5.41, 5.74) is 3.59. The molecule has 148 valence electrons. The third-order valence-electron chi connectivity index (χ3n) is 4.65. The minimum Gasteiger partial charge on any atom is -0.507 e. The van der Waals surface area contributed by atoms with E-state index in [1.807, 2.05) is 53.2 Å². The van der Waals surface area contributed by atoms with Gasteiger partial charge in [0.1, 0.15) is 11.4 Å². The number of aliphatic imine (C=N–C) groups is 1. The van der Waals surface area contributed by atoms with Gasteiger partial charge in [-0.1, -0.05) is 36.4 Å². The van der Waals surface area contributed by atoms with Crippen LogP contribution >= 0.6 is 0 Å². The Hall–Kier alpha value is -4.26. The second kappa shape index (κ2) is 8.00. The highest BCUT2D eigenvalue weighted by atomic mass is 16.6. The monoisotopic (exact) mass is 398 g/mol. The summed E-state index contributed by atoms with van der Waals surface area (Å²) in [5, 5.41) is 21.7. The van der Waals surface area contributed by atoms with Crippen molar-refractivity contribution in [2.75, 3.05) is 0 Å². The van der Waals surface area contributed by atoms with Crippen molar-refractivity contribution in [2.45, 2.75) is 6.42 Å². The summed E-state index contributed by atoms with van der Waals surface area (Å²) in [4.78, 5) is 19.9. The summed E-state index contributed by atoms with van der Waals surface area (Å²) in [6.45, 7) is 3.63. The number of imidazole rings is 1. The van der Waals surface area contributed by atoms with Crippen molar-refractivity contribution in [1.82, 2.24) is 9.38 Å². The van der Waals surface area contributed by atoms with Crippen LogP contribution in [0.2, 0.25) is 0 Å². The molecular weight excluding hydrogens is 380 g/mol. The van der Waals surface area contributed by atoms with Gasteiger partial charge >= 0.3 is 0 Å². The van der Waals surface area contributed by atoms with E-state index in [1.54, 1.807) is 12.1 Å². The first-order valence-electron chi connectivity index (χ1n) is 9.25. The lowest BCUT2D eigenvalue weighted by Gasteiger charge is -2.05. The number of phenols is 1. The number of phenolic OH excluding ortho intramolecular Hbond substituents is 1. The number of fused-ring (bicyclic) bond motifs is 1. The third kappa shape index (κ3) is 3.68. The summed E-state index contributed by atoms with van der Waals surface area (Å²) in [7, 11) is 0. The van der Waals surface area contributed by atoms with Crippen LogP contribution in [0.3, 0.4) is 0 Å². The van der Waals surface area contributed by atoms with Gasteiger partial charge in [0, 0.05) is 47.4 Å². The van der Waals surface area contributed by atoms with Gasteiger partial charge < -0.3 is 9.51 Å². The maximum absolute atomic E-state index is 11.2. The number of rotatable bonds is 6. The number of nitro groups is 1. The molecule has 2 aromatic carbocycles. The molecule has 0 aliphatic rings. The fourth-order valence-corrected chi connectivity index (χ4v) is 3.20. The van der Waals surface area contributed by atoms with Crippen molar-refractivity contribution in [3.8, 4) is 17.0 Å². The van der Waals surface area contributed by atoms with E-state index in [2.05, 4.69) is 16.6 Å². The molecule has 0 fully saturated rings. The van der Waals surface area contributed by atoms with E-state index in [0.717, 1.165) is 11.3 Å². The number of allylic oxidation sites excluding steroid dienone is 1. The van der Waals surface area contributed by atoms with Gasteiger partial charge in [-0.25, -0.2) is 4.98 Å². The van der Waals surface area contributed by atoms with Crippen molar-refractivity contribution in [3.05, 3.63) is 101 Å². The molecule has 0 radical (unpaired) electrons. The maximum atomic E-state index is 11.2. The van der Waals surface area contributed by atoms with Crippen LogP contribution in [0.1, 0.15) is 11.1 Å². The van der Waals surface area contributed by atoms with E-state index >= 15 is 0 Å². The Bertz CT molecular complexity index is 1280. The smallest absolute Gasteiger partial charge is 0.270 e. The third-order valence-corrected chi connectivity index (χ3v) is 4.65. The summed E-state index contributed by atoms with van der Waals surface area (Å²) in [6.07, 6.45) is 7.10. The number of benzene rings is 2. The van der Waals surface area contributed by atoms with Gasteiger partial charge in [0.2, 0.25) is 0 Å². The molecule has 1 N–H and O–H groups in total. The zero-order valence-electron chi connectivity index (χ0n) is 16.0. The lowest BCUT2D eigenvalue weighted by molar-refractivity contribution is -0.384. The normalized spacial score (nSPS) is 11.2. The molecule has 0 saturated heterocycles. The van der Waals surface area contributed by atoms with Crippen LogP contribution in [0.4, 0.5) is 11.4 Å². The van der Waals surface area contributed by atoms with Gasteiger partial charge in [0.05, 0.1) is 10.6 Å². The molecule has 0 spiro atoms. The molecule has 0 bridgehead atoms. The van der Waals surface area contributed by atoms with Crippen LogP contribution in [0.15, 0.2) is 84.6 Å². The highest BCUT2D eigenvalue weighted by molar-refractivity contribution is 5.88. The fraction of sp³-hybridized carbons (Fsp3) is 0.0435. The van der Waals surface area contributed by atoms with Crippen LogP contribution < -0.4 is 0 Å². The lowest BCUT2D eigenvalue weighted by atomic mass is 10.1. The first-order chi connectivity index (χ1) is 14.6. The predicted octanol–water partition coefficient (Wildman–Crippen LogP) is 5.09. The highest BCUT2D eigenvalue weighted by Crippen LogP contribution is 2.29. The minimum absolute atomic E-state index is 0.0514. The highest BCUT2D eigenvalue weighted by Gasteiger charge is 2.15. The average Bonchev–Trinajstić information content (AvgIpc) is 3.20. The number of hydrogen-bond donors (Lipinski definition) is 1. The van der Waals surface area contributed by atoms with E-state index in [-0.39, 0.29) is 17.0 Å². The molecule has 0 aliphatic carbocycles. The first kappa shape index (κ1) is 19.1. The second-order valence-electron chi connectivity index (χ2n) is 6.67. The Morgan fingerprint density at radius 2 is 2.00 bits per heavy atom. The molecule has 0 saturated carbocycles. The van der Waals surface area contributed by atoms with Crippen molar-refractivity contribution >= 4 is 23.2 Å². The number of aromatic nitrogens is 2. The van der Waals surface area contributed by atoms with E-state index in [4.69, 9.17) is 0 Å². The average molecular weight is 398 g/mol. The largest absolute Gasteiger partial charge is 0.507 e. The van der Waals surface area contributed by atoms with Crippen LogP contribution in [-0.4, -0.2) is 25.6 Å². The standard InChI is InChI=1S/C23H18N4O3/c1-2-7-17-12-19(27(29)30)13-18(22(17)28)14-24-20-10-6-11-26-15-21(25-23(20)26)16-8-4-3-5-9-16/h2-6,8-15,28H,1,7H2. The summed E-state index contributed by atoms with van der Waals surface area (Å²) in [5.74, 6) is -0.0514. The van der Waals surface area contributed by atoms with Gasteiger partial charge in [-0.3, -0.25) is 15.1 Å². The molecule has 4 rings (SSSR count). The topological polar surface area (TPSA) is 93.0 Å². The zero-order valence-corrected chi connectivity index (χ0v) is 16.0. The van der Waals surface area contributed by atoms with Gasteiger partial charge in [0.25, 0.3) is 5.69 Å². The van der Waals surface area contributed by atoms with Gasteiger partial charge in [0.15, 0.2) is 5.65 Å². The lowest BCUT2D eigenvalue weighted by Crippen LogP contribution is -1.95. The molecule has 0 unspecified atom stereocenters. The Balaban J connectivity index is 1.77. The maximum Gasteiger partial charge on any atom is 0.270 e. The second-order valence-corrected chi connectivity index (χ2v) is 6.67. The molecule has 2 aromatic heterocycles. The number of pyridine rings is 1. The molecular formula is C23H18N4O3. The van der Waals surface area contributed by atoms with Crippen molar-refractivity contribution in [1.29, 1.82) is 0 Å². The van der Waals surface area contributed by atoms with Crippen molar-refractivity contribution in [2.24, 2.45) is 4.99 Å². The molecule has 0 amide bonds. The summed E-state index contributed by atoms with van der Waals surface area (Å²) >= 11 is 0. The van der Waals surface area contributed by atoms with Crippen molar-refractivity contribution < 1.29 is 10.0 Å². The van der Waals surface area contributed by atoms with Crippen LogP contribution in [0, 0.1) is 10.1 Å². The van der Waals surface area contributed by atoms with E-state index in [1.165, 1.54) is 18.3 Å². The SMILES string of the molecule is C=CCc1cc([N+](=O)[O-])cc(C=Nc2cccn3cc(-c4ccccc4)nc23)c1O.